The molecule has 0 atom stereocenters. The van der Waals surface area contributed by atoms with Gasteiger partial charge in [0.05, 0.1) is 6.42 Å². The summed E-state index contributed by atoms with van der Waals surface area (Å²) in [6.07, 6.45) is 23.1. The maximum Gasteiger partial charge on any atom is 0.345 e. The van der Waals surface area contributed by atoms with Gasteiger partial charge < -0.3 is 0 Å². The molecule has 0 aromatic carbocycles. The number of rotatable bonds is 14. The first-order valence-electron chi connectivity index (χ1n) is 8.28. The molecular weight excluding hydrogens is 280 g/mol. The molecule has 0 spiro atoms. The van der Waals surface area contributed by atoms with Crippen LogP contribution in [-0.2, 0) is 14.7 Å². The number of carbonyl (C=O) groups excluding carboxylic acids is 1. The lowest BCUT2D eigenvalue weighted by atomic mass is 10.1. The molecule has 1 N–H and O–H groups in total. The van der Waals surface area contributed by atoms with Crippen LogP contribution >= 0.6 is 0 Å². The molecule has 126 valence electrons. The van der Waals surface area contributed by atoms with Gasteiger partial charge in [-0.3, -0.25) is 4.89 Å². The van der Waals surface area contributed by atoms with E-state index in [9.17, 15) is 4.79 Å². The Morgan fingerprint density at radius 1 is 0.909 bits per heavy atom. The summed E-state index contributed by atoms with van der Waals surface area (Å²) in [4.78, 5) is 14.7. The van der Waals surface area contributed by atoms with E-state index in [2.05, 4.69) is 35.1 Å². The lowest BCUT2D eigenvalue weighted by Gasteiger charge is -1.97. The quantitative estimate of drug-likeness (QED) is 0.151. The number of carbonyl (C=O) groups is 1. The maximum absolute atomic E-state index is 10.8. The zero-order valence-corrected chi connectivity index (χ0v) is 13.7. The molecule has 22 heavy (non-hydrogen) atoms. The highest BCUT2D eigenvalue weighted by Gasteiger charge is 2.00. The molecule has 4 heteroatoms. The van der Waals surface area contributed by atoms with Crippen molar-refractivity contribution in [2.45, 2.75) is 71.1 Å². The van der Waals surface area contributed by atoms with Crippen LogP contribution in [-0.4, -0.2) is 11.2 Å². The zero-order valence-electron chi connectivity index (χ0n) is 13.7. The summed E-state index contributed by atoms with van der Waals surface area (Å²) in [6, 6.07) is 0. The van der Waals surface area contributed by atoms with E-state index in [0.717, 1.165) is 6.42 Å². The summed E-state index contributed by atoms with van der Waals surface area (Å²) in [5.41, 5.74) is 0. The van der Waals surface area contributed by atoms with E-state index in [0.29, 0.717) is 6.42 Å². The number of allylic oxidation sites excluding steroid dienone is 6. The van der Waals surface area contributed by atoms with Crippen LogP contribution in [0.5, 0.6) is 0 Å². The van der Waals surface area contributed by atoms with Crippen LogP contribution in [0, 0.1) is 0 Å². The van der Waals surface area contributed by atoms with Gasteiger partial charge in [-0.25, -0.2) is 10.1 Å². The van der Waals surface area contributed by atoms with Crippen molar-refractivity contribution in [2.24, 2.45) is 0 Å². The lowest BCUT2D eigenvalue weighted by Crippen LogP contribution is -2.01. The molecule has 0 fully saturated rings. The highest BCUT2D eigenvalue weighted by atomic mass is 17.5. The van der Waals surface area contributed by atoms with Crippen LogP contribution in [0.25, 0.3) is 0 Å². The standard InChI is InChI=1S/C18H30O4/c1-2-3-4-5-6-7-8-9-10-11-12-13-14-15-16-17-18(19)21-22-20/h9-10,12-15,20H,2-8,11,16-17H2,1H3/b10-9+,13-12+,15-14+. The SMILES string of the molecule is CCCCCCCC/C=C/C/C=C/C=C/CCC(=O)OOO. The molecule has 0 aliphatic carbocycles. The summed E-state index contributed by atoms with van der Waals surface area (Å²) in [7, 11) is 0. The topological polar surface area (TPSA) is 55.8 Å². The molecule has 0 aliphatic rings. The van der Waals surface area contributed by atoms with Gasteiger partial charge in [0.1, 0.15) is 0 Å². The third-order valence-corrected chi connectivity index (χ3v) is 3.19. The van der Waals surface area contributed by atoms with Gasteiger partial charge in [-0.15, -0.1) is 0 Å². The van der Waals surface area contributed by atoms with E-state index in [1.807, 2.05) is 18.2 Å². The van der Waals surface area contributed by atoms with E-state index in [1.54, 1.807) is 0 Å². The molecule has 0 saturated heterocycles. The Balaban J connectivity index is 3.38. The largest absolute Gasteiger partial charge is 0.345 e. The van der Waals surface area contributed by atoms with Gasteiger partial charge in [-0.05, 0) is 30.7 Å². The van der Waals surface area contributed by atoms with E-state index < -0.39 is 5.97 Å². The molecule has 0 amide bonds. The Morgan fingerprint density at radius 2 is 1.64 bits per heavy atom. The van der Waals surface area contributed by atoms with E-state index >= 15 is 0 Å². The fourth-order valence-corrected chi connectivity index (χ4v) is 1.95. The first-order valence-corrected chi connectivity index (χ1v) is 8.28. The molecular formula is C18H30O4. The van der Waals surface area contributed by atoms with Crippen LogP contribution in [0.2, 0.25) is 0 Å². The molecule has 0 aliphatic heterocycles. The molecule has 0 heterocycles. The predicted octanol–water partition coefficient (Wildman–Crippen LogP) is 5.52. The second-order valence-corrected chi connectivity index (χ2v) is 5.19. The molecule has 0 bridgehead atoms. The van der Waals surface area contributed by atoms with Crippen molar-refractivity contribution in [3.63, 3.8) is 0 Å². The van der Waals surface area contributed by atoms with Crippen molar-refractivity contribution in [3.8, 4) is 0 Å². The molecule has 0 aromatic rings. The Bertz CT molecular complexity index is 332. The van der Waals surface area contributed by atoms with Crippen LogP contribution in [0.4, 0.5) is 0 Å². The van der Waals surface area contributed by atoms with Gasteiger partial charge in [0, 0.05) is 0 Å². The van der Waals surface area contributed by atoms with Crippen molar-refractivity contribution in [1.29, 1.82) is 0 Å². The summed E-state index contributed by atoms with van der Waals surface area (Å²) < 4.78 is 0. The highest BCUT2D eigenvalue weighted by Crippen LogP contribution is 2.07. The average molecular weight is 310 g/mol. The maximum atomic E-state index is 10.8. The molecule has 4 nitrogen and oxygen atoms in total. The van der Waals surface area contributed by atoms with Gasteiger partial charge in [-0.1, -0.05) is 75.5 Å². The second-order valence-electron chi connectivity index (χ2n) is 5.19. The fourth-order valence-electron chi connectivity index (χ4n) is 1.95. The third kappa shape index (κ3) is 16.7. The van der Waals surface area contributed by atoms with Gasteiger partial charge in [0.2, 0.25) is 0 Å². The monoisotopic (exact) mass is 310 g/mol. The van der Waals surface area contributed by atoms with Crippen LogP contribution in [0.3, 0.4) is 0 Å². The Kier molecular flexibility index (Phi) is 16.5. The smallest absolute Gasteiger partial charge is 0.269 e. The first-order chi connectivity index (χ1) is 10.8. The molecule has 0 radical (unpaired) electrons. The summed E-state index contributed by atoms with van der Waals surface area (Å²) >= 11 is 0. The fraction of sp³-hybridized carbons (Fsp3) is 0.611. The van der Waals surface area contributed by atoms with Crippen molar-refractivity contribution >= 4 is 5.97 Å². The van der Waals surface area contributed by atoms with Gasteiger partial charge >= 0.3 is 5.97 Å². The van der Waals surface area contributed by atoms with Crippen molar-refractivity contribution < 1.29 is 20.0 Å². The lowest BCUT2D eigenvalue weighted by molar-refractivity contribution is -0.462. The van der Waals surface area contributed by atoms with Gasteiger partial charge in [-0.2, -0.15) is 0 Å². The highest BCUT2D eigenvalue weighted by molar-refractivity contribution is 5.68. The minimum atomic E-state index is -0.589. The second kappa shape index (κ2) is 17.7. The Morgan fingerprint density at radius 3 is 2.41 bits per heavy atom. The summed E-state index contributed by atoms with van der Waals surface area (Å²) in [5, 5.41) is 11.2. The number of hydrogen-bond acceptors (Lipinski definition) is 4. The van der Waals surface area contributed by atoms with E-state index in [1.165, 1.54) is 44.9 Å². The normalized spacial score (nSPS) is 11.9. The summed E-state index contributed by atoms with van der Waals surface area (Å²) in [6.45, 7) is 2.24. The number of unbranched alkanes of at least 4 members (excludes halogenated alkanes) is 6. The Hall–Kier alpha value is -1.39. The first kappa shape index (κ1) is 20.6. The van der Waals surface area contributed by atoms with Crippen LogP contribution in [0.15, 0.2) is 36.5 Å². The molecule has 0 aromatic heterocycles. The summed E-state index contributed by atoms with van der Waals surface area (Å²) in [5.74, 6) is -0.589. The van der Waals surface area contributed by atoms with Crippen LogP contribution in [0.1, 0.15) is 71.1 Å². The zero-order chi connectivity index (χ0) is 16.3. The average Bonchev–Trinajstić information content (AvgIpc) is 2.51. The Labute approximate surface area is 134 Å². The molecule has 0 saturated carbocycles. The van der Waals surface area contributed by atoms with Crippen molar-refractivity contribution in [2.75, 3.05) is 0 Å². The molecule has 0 unspecified atom stereocenters. The minimum absolute atomic E-state index is 0.184. The van der Waals surface area contributed by atoms with E-state index in [-0.39, 0.29) is 6.42 Å². The van der Waals surface area contributed by atoms with E-state index in [4.69, 9.17) is 5.26 Å². The van der Waals surface area contributed by atoms with Gasteiger partial charge in [0.25, 0.3) is 0 Å². The minimum Gasteiger partial charge on any atom is -0.269 e. The predicted molar refractivity (Wildman–Crippen MR) is 89.1 cm³/mol. The van der Waals surface area contributed by atoms with Gasteiger partial charge in [0.15, 0.2) is 0 Å². The van der Waals surface area contributed by atoms with Crippen molar-refractivity contribution in [3.05, 3.63) is 36.5 Å². The molecule has 0 rings (SSSR count). The van der Waals surface area contributed by atoms with Crippen molar-refractivity contribution in [1.82, 2.24) is 0 Å². The third-order valence-electron chi connectivity index (χ3n) is 3.19. The number of hydrogen-bond donors (Lipinski definition) is 1. The van der Waals surface area contributed by atoms with Crippen LogP contribution < -0.4 is 0 Å².